The molecular formula is C13H18N4. The van der Waals surface area contributed by atoms with Crippen LogP contribution in [0.4, 0.5) is 17.1 Å². The fraction of sp³-hybridized carbons (Fsp3) is 0.308. The molecule has 0 saturated heterocycles. The maximum atomic E-state index is 5.83. The summed E-state index contributed by atoms with van der Waals surface area (Å²) in [6.45, 7) is 4.13. The Bertz CT molecular complexity index is 508. The van der Waals surface area contributed by atoms with E-state index < -0.39 is 0 Å². The van der Waals surface area contributed by atoms with Crippen molar-refractivity contribution in [1.82, 2.24) is 9.78 Å². The molecule has 4 heteroatoms. The fourth-order valence-electron chi connectivity index (χ4n) is 1.94. The van der Waals surface area contributed by atoms with Gasteiger partial charge in [0, 0.05) is 24.6 Å². The number of hydrogen-bond acceptors (Lipinski definition) is 3. The van der Waals surface area contributed by atoms with Gasteiger partial charge in [0.15, 0.2) is 0 Å². The van der Waals surface area contributed by atoms with Gasteiger partial charge < -0.3 is 11.1 Å². The molecule has 4 nitrogen and oxygen atoms in total. The van der Waals surface area contributed by atoms with Crippen molar-refractivity contribution in [3.8, 4) is 0 Å². The van der Waals surface area contributed by atoms with Crippen LogP contribution in [0, 0.1) is 6.92 Å². The maximum absolute atomic E-state index is 5.83. The number of nitrogens with one attached hydrogen (secondary N) is 1. The summed E-state index contributed by atoms with van der Waals surface area (Å²) in [5.41, 5.74) is 10.9. The van der Waals surface area contributed by atoms with E-state index in [2.05, 4.69) is 23.4 Å². The Kier molecular flexibility index (Phi) is 3.04. The van der Waals surface area contributed by atoms with E-state index in [1.807, 2.05) is 37.0 Å². The molecule has 90 valence electrons. The van der Waals surface area contributed by atoms with Crippen molar-refractivity contribution in [2.24, 2.45) is 7.05 Å². The second-order valence-electron chi connectivity index (χ2n) is 4.27. The van der Waals surface area contributed by atoms with E-state index in [0.29, 0.717) is 0 Å². The lowest BCUT2D eigenvalue weighted by atomic mass is 10.2. The summed E-state index contributed by atoms with van der Waals surface area (Å²) in [5, 5.41) is 7.76. The van der Waals surface area contributed by atoms with Crippen LogP contribution in [-0.4, -0.2) is 9.78 Å². The fourth-order valence-corrected chi connectivity index (χ4v) is 1.94. The highest BCUT2D eigenvalue weighted by Crippen LogP contribution is 2.23. The lowest BCUT2D eigenvalue weighted by molar-refractivity contribution is 0.746. The molecule has 0 bridgehead atoms. The zero-order chi connectivity index (χ0) is 12.4. The molecule has 1 heterocycles. The van der Waals surface area contributed by atoms with Crippen LogP contribution in [0.1, 0.15) is 18.2 Å². The number of nitrogens with zero attached hydrogens (tertiary/aromatic N) is 2. The quantitative estimate of drug-likeness (QED) is 0.797. The van der Waals surface area contributed by atoms with Gasteiger partial charge in [-0.05, 0) is 37.1 Å². The normalized spacial score (nSPS) is 10.5. The second-order valence-corrected chi connectivity index (χ2v) is 4.27. The summed E-state index contributed by atoms with van der Waals surface area (Å²) in [6, 6.07) is 5.96. The number of nitrogens with two attached hydrogens (primary N) is 1. The minimum atomic E-state index is 0.773. The van der Waals surface area contributed by atoms with Crippen molar-refractivity contribution in [3.05, 3.63) is 35.7 Å². The molecule has 0 saturated carbocycles. The van der Waals surface area contributed by atoms with Gasteiger partial charge in [0.2, 0.25) is 0 Å². The Hall–Kier alpha value is -1.97. The second kappa shape index (κ2) is 4.49. The van der Waals surface area contributed by atoms with Gasteiger partial charge in [0.1, 0.15) is 0 Å². The summed E-state index contributed by atoms with van der Waals surface area (Å²) in [5.74, 6) is 0. The predicted octanol–water partition coefficient (Wildman–Crippen LogP) is 2.62. The van der Waals surface area contributed by atoms with Crippen LogP contribution in [0.15, 0.2) is 24.4 Å². The molecular weight excluding hydrogens is 212 g/mol. The van der Waals surface area contributed by atoms with Gasteiger partial charge in [-0.25, -0.2) is 0 Å². The van der Waals surface area contributed by atoms with Crippen LogP contribution < -0.4 is 11.1 Å². The van der Waals surface area contributed by atoms with Crippen molar-refractivity contribution >= 4 is 17.1 Å². The summed E-state index contributed by atoms with van der Waals surface area (Å²) < 4.78 is 1.82. The van der Waals surface area contributed by atoms with Gasteiger partial charge in [-0.3, -0.25) is 4.68 Å². The smallest absolute Gasteiger partial charge is 0.0856 e. The topological polar surface area (TPSA) is 55.9 Å². The van der Waals surface area contributed by atoms with Gasteiger partial charge in [-0.2, -0.15) is 5.10 Å². The molecule has 0 aliphatic heterocycles. The molecule has 17 heavy (non-hydrogen) atoms. The van der Waals surface area contributed by atoms with Crippen molar-refractivity contribution in [1.29, 1.82) is 0 Å². The van der Waals surface area contributed by atoms with E-state index in [0.717, 1.165) is 34.7 Å². The number of benzene rings is 1. The summed E-state index contributed by atoms with van der Waals surface area (Å²) >= 11 is 0. The molecule has 0 spiro atoms. The van der Waals surface area contributed by atoms with E-state index in [-0.39, 0.29) is 0 Å². The molecule has 0 radical (unpaired) electrons. The number of nitrogen functional groups attached to an aromatic ring is 1. The third kappa shape index (κ3) is 2.58. The Labute approximate surface area is 101 Å². The van der Waals surface area contributed by atoms with Crippen LogP contribution in [-0.2, 0) is 13.5 Å². The highest BCUT2D eigenvalue weighted by atomic mass is 15.3. The lowest BCUT2D eigenvalue weighted by Gasteiger charge is -2.07. The first-order valence-corrected chi connectivity index (χ1v) is 5.75. The number of hydrogen-bond donors (Lipinski definition) is 2. The molecule has 2 aromatic rings. The van der Waals surface area contributed by atoms with Crippen LogP contribution in [0.5, 0.6) is 0 Å². The highest BCUT2D eigenvalue weighted by Gasteiger charge is 2.06. The van der Waals surface area contributed by atoms with E-state index >= 15 is 0 Å². The van der Waals surface area contributed by atoms with Crippen molar-refractivity contribution in [2.75, 3.05) is 11.1 Å². The monoisotopic (exact) mass is 230 g/mol. The van der Waals surface area contributed by atoms with Crippen molar-refractivity contribution < 1.29 is 0 Å². The minimum absolute atomic E-state index is 0.773. The van der Waals surface area contributed by atoms with Gasteiger partial charge >= 0.3 is 0 Å². The average molecular weight is 230 g/mol. The number of anilines is 3. The average Bonchev–Trinajstić information content (AvgIpc) is 2.57. The Balaban J connectivity index is 2.30. The number of aryl methyl sites for hydroxylation is 3. The summed E-state index contributed by atoms with van der Waals surface area (Å²) in [4.78, 5) is 0. The standard InChI is InChI=1S/C13H18N4/c1-4-12-13(8-17(3)16-12)15-11-6-9(2)5-10(14)7-11/h5-8,15H,4,14H2,1-3H3. The highest BCUT2D eigenvalue weighted by molar-refractivity contribution is 5.65. The van der Waals surface area contributed by atoms with Gasteiger partial charge in [0.05, 0.1) is 11.4 Å². The van der Waals surface area contributed by atoms with Gasteiger partial charge in [0.25, 0.3) is 0 Å². The molecule has 0 atom stereocenters. The van der Waals surface area contributed by atoms with E-state index in [1.165, 1.54) is 0 Å². The van der Waals surface area contributed by atoms with Gasteiger partial charge in [-0.1, -0.05) is 6.92 Å². The first-order valence-electron chi connectivity index (χ1n) is 5.75. The molecule has 0 unspecified atom stereocenters. The molecule has 1 aromatic carbocycles. The Morgan fingerprint density at radius 2 is 2.12 bits per heavy atom. The molecule has 0 fully saturated rings. The molecule has 0 aliphatic rings. The maximum Gasteiger partial charge on any atom is 0.0856 e. The zero-order valence-electron chi connectivity index (χ0n) is 10.5. The first kappa shape index (κ1) is 11.5. The molecule has 0 amide bonds. The predicted molar refractivity (Wildman–Crippen MR) is 71.5 cm³/mol. The lowest BCUT2D eigenvalue weighted by Crippen LogP contribution is -1.95. The SMILES string of the molecule is CCc1nn(C)cc1Nc1cc(C)cc(N)c1. The third-order valence-electron chi connectivity index (χ3n) is 2.62. The van der Waals surface area contributed by atoms with Crippen LogP contribution in [0.3, 0.4) is 0 Å². The Morgan fingerprint density at radius 1 is 1.35 bits per heavy atom. The number of rotatable bonds is 3. The van der Waals surface area contributed by atoms with Crippen LogP contribution in [0.25, 0.3) is 0 Å². The first-order chi connectivity index (χ1) is 8.08. The minimum Gasteiger partial charge on any atom is -0.399 e. The van der Waals surface area contributed by atoms with E-state index in [1.54, 1.807) is 0 Å². The number of aromatic nitrogens is 2. The molecule has 1 aromatic heterocycles. The zero-order valence-corrected chi connectivity index (χ0v) is 10.5. The molecule has 0 aliphatic carbocycles. The van der Waals surface area contributed by atoms with Crippen LogP contribution >= 0.6 is 0 Å². The summed E-state index contributed by atoms with van der Waals surface area (Å²) in [7, 11) is 1.93. The van der Waals surface area contributed by atoms with Gasteiger partial charge in [-0.15, -0.1) is 0 Å². The van der Waals surface area contributed by atoms with Crippen molar-refractivity contribution in [3.63, 3.8) is 0 Å². The summed E-state index contributed by atoms with van der Waals surface area (Å²) in [6.07, 6.45) is 2.89. The van der Waals surface area contributed by atoms with E-state index in [9.17, 15) is 0 Å². The van der Waals surface area contributed by atoms with E-state index in [4.69, 9.17) is 5.73 Å². The van der Waals surface area contributed by atoms with Crippen molar-refractivity contribution in [2.45, 2.75) is 20.3 Å². The largest absolute Gasteiger partial charge is 0.399 e. The molecule has 3 N–H and O–H groups in total. The van der Waals surface area contributed by atoms with Crippen LogP contribution in [0.2, 0.25) is 0 Å². The Morgan fingerprint density at radius 3 is 2.76 bits per heavy atom. The molecule has 2 rings (SSSR count). The third-order valence-corrected chi connectivity index (χ3v) is 2.62.